The van der Waals surface area contributed by atoms with Gasteiger partial charge in [-0.05, 0) is 74.8 Å². The van der Waals surface area contributed by atoms with Gasteiger partial charge in [0.15, 0.2) is 0 Å². The van der Waals surface area contributed by atoms with Crippen LogP contribution in [0.3, 0.4) is 0 Å². The molecule has 0 aliphatic heterocycles. The van der Waals surface area contributed by atoms with Gasteiger partial charge in [-0.3, -0.25) is 9.59 Å². The van der Waals surface area contributed by atoms with Crippen molar-refractivity contribution >= 4 is 17.5 Å². The largest absolute Gasteiger partial charge is 0.341 e. The highest BCUT2D eigenvalue weighted by Crippen LogP contribution is 2.24. The Kier molecular flexibility index (Phi) is 5.40. The van der Waals surface area contributed by atoms with E-state index in [4.69, 9.17) is 0 Å². The van der Waals surface area contributed by atoms with Gasteiger partial charge >= 0.3 is 11.8 Å². The molecule has 0 heterocycles. The van der Waals surface area contributed by atoms with Crippen molar-refractivity contribution in [3.8, 4) is 0 Å². The molecule has 0 aromatic heterocycles. The van der Waals surface area contributed by atoms with E-state index in [1.54, 1.807) is 0 Å². The zero-order valence-electron chi connectivity index (χ0n) is 15.7. The lowest BCUT2D eigenvalue weighted by Gasteiger charge is -2.20. The minimum Gasteiger partial charge on any atom is -0.341 e. The Labute approximate surface area is 155 Å². The predicted octanol–water partition coefficient (Wildman–Crippen LogP) is 4.00. The lowest BCUT2D eigenvalue weighted by molar-refractivity contribution is -0.136. The van der Waals surface area contributed by atoms with E-state index in [-0.39, 0.29) is 6.04 Å². The maximum Gasteiger partial charge on any atom is 0.313 e. The van der Waals surface area contributed by atoms with Crippen LogP contribution in [0.2, 0.25) is 0 Å². The average Bonchev–Trinajstić information content (AvgIpc) is 2.63. The summed E-state index contributed by atoms with van der Waals surface area (Å²) in [6, 6.07) is 11.9. The fourth-order valence-corrected chi connectivity index (χ4v) is 3.50. The zero-order chi connectivity index (χ0) is 18.7. The molecule has 2 aromatic rings. The summed E-state index contributed by atoms with van der Waals surface area (Å²) in [7, 11) is 0. The first-order valence-corrected chi connectivity index (χ1v) is 9.25. The molecular weight excluding hydrogens is 324 g/mol. The third kappa shape index (κ3) is 4.13. The Morgan fingerprint density at radius 3 is 2.38 bits per heavy atom. The summed E-state index contributed by atoms with van der Waals surface area (Å²) >= 11 is 0. The molecule has 2 N–H and O–H groups in total. The zero-order valence-corrected chi connectivity index (χ0v) is 15.7. The number of hydrogen-bond donors (Lipinski definition) is 2. The second-order valence-corrected chi connectivity index (χ2v) is 7.20. The van der Waals surface area contributed by atoms with Gasteiger partial charge in [0.1, 0.15) is 0 Å². The summed E-state index contributed by atoms with van der Waals surface area (Å²) < 4.78 is 0. The fraction of sp³-hybridized carbons (Fsp3) is 0.364. The lowest BCUT2D eigenvalue weighted by Crippen LogP contribution is -2.37. The highest BCUT2D eigenvalue weighted by molar-refractivity contribution is 6.39. The predicted molar refractivity (Wildman–Crippen MR) is 104 cm³/mol. The molecule has 1 aliphatic rings. The smallest absolute Gasteiger partial charge is 0.313 e. The first-order valence-electron chi connectivity index (χ1n) is 9.25. The number of aryl methyl sites for hydroxylation is 4. The van der Waals surface area contributed by atoms with Crippen LogP contribution < -0.4 is 10.6 Å². The third-order valence-corrected chi connectivity index (χ3v) is 5.06. The Morgan fingerprint density at radius 2 is 1.65 bits per heavy atom. The molecule has 4 nitrogen and oxygen atoms in total. The van der Waals surface area contributed by atoms with Crippen molar-refractivity contribution in [2.75, 3.05) is 5.32 Å². The molecule has 0 bridgehead atoms. The third-order valence-electron chi connectivity index (χ3n) is 5.06. The van der Waals surface area contributed by atoms with Crippen molar-refractivity contribution in [1.82, 2.24) is 5.32 Å². The molecule has 1 aliphatic carbocycles. The van der Waals surface area contributed by atoms with Crippen LogP contribution in [0.15, 0.2) is 36.4 Å². The van der Waals surface area contributed by atoms with Crippen LogP contribution >= 0.6 is 0 Å². The van der Waals surface area contributed by atoms with Gasteiger partial charge in [0, 0.05) is 5.69 Å². The maximum absolute atomic E-state index is 12.3. The summed E-state index contributed by atoms with van der Waals surface area (Å²) in [5.74, 6) is -1.25. The summed E-state index contributed by atoms with van der Waals surface area (Å²) in [5.41, 5.74) is 6.54. The van der Waals surface area contributed by atoms with Gasteiger partial charge in [0.25, 0.3) is 0 Å². The molecule has 2 amide bonds. The van der Waals surface area contributed by atoms with Crippen molar-refractivity contribution in [3.63, 3.8) is 0 Å². The Morgan fingerprint density at radius 1 is 0.923 bits per heavy atom. The molecule has 2 aromatic carbocycles. The van der Waals surface area contributed by atoms with Gasteiger partial charge in [0.05, 0.1) is 6.04 Å². The minimum absolute atomic E-state index is 0.209. The number of amides is 2. The van der Waals surface area contributed by atoms with E-state index in [0.717, 1.165) is 29.5 Å². The second-order valence-electron chi connectivity index (χ2n) is 7.20. The molecule has 26 heavy (non-hydrogen) atoms. The molecule has 136 valence electrons. The number of hydrogen-bond acceptors (Lipinski definition) is 2. The van der Waals surface area contributed by atoms with Gasteiger partial charge in [-0.2, -0.15) is 0 Å². The summed E-state index contributed by atoms with van der Waals surface area (Å²) in [4.78, 5) is 24.5. The first-order chi connectivity index (χ1) is 12.4. The molecule has 0 radical (unpaired) electrons. The van der Waals surface area contributed by atoms with Gasteiger partial charge < -0.3 is 10.6 Å². The van der Waals surface area contributed by atoms with E-state index < -0.39 is 11.8 Å². The molecule has 0 saturated carbocycles. The molecule has 1 unspecified atom stereocenters. The maximum atomic E-state index is 12.3. The number of fused-ring (bicyclic) bond motifs is 1. The van der Waals surface area contributed by atoms with Crippen LogP contribution in [-0.4, -0.2) is 11.8 Å². The van der Waals surface area contributed by atoms with E-state index in [2.05, 4.69) is 28.8 Å². The van der Waals surface area contributed by atoms with Crippen molar-refractivity contribution < 1.29 is 9.59 Å². The Hall–Kier alpha value is -2.62. The average molecular weight is 350 g/mol. The molecule has 0 fully saturated rings. The van der Waals surface area contributed by atoms with Crippen LogP contribution in [-0.2, 0) is 22.4 Å². The van der Waals surface area contributed by atoms with Crippen LogP contribution in [0.5, 0.6) is 0 Å². The minimum atomic E-state index is -0.637. The molecule has 0 spiro atoms. The quantitative estimate of drug-likeness (QED) is 0.822. The highest BCUT2D eigenvalue weighted by Gasteiger charge is 2.19. The van der Waals surface area contributed by atoms with Gasteiger partial charge in [-0.25, -0.2) is 0 Å². The topological polar surface area (TPSA) is 58.2 Å². The van der Waals surface area contributed by atoms with Crippen LogP contribution in [0.1, 0.15) is 53.6 Å². The number of rotatable bonds is 3. The first kappa shape index (κ1) is 18.2. The Balaban J connectivity index is 1.64. The molecule has 0 saturated heterocycles. The standard InChI is InChI=1S/C22H26N2O2/c1-14-8-11-20(15(2)12-14)24-22(26)21(25)23-16(3)18-10-9-17-6-4-5-7-19(17)13-18/h8-13,16H,4-7H2,1-3H3,(H,23,25)(H,24,26). The second kappa shape index (κ2) is 7.73. The van der Waals surface area contributed by atoms with Crippen LogP contribution in [0.4, 0.5) is 5.69 Å². The highest BCUT2D eigenvalue weighted by atomic mass is 16.2. The number of benzene rings is 2. The van der Waals surface area contributed by atoms with Crippen molar-refractivity contribution in [1.29, 1.82) is 0 Å². The summed E-state index contributed by atoms with van der Waals surface area (Å²) in [6.45, 7) is 5.81. The molecular formula is C22H26N2O2. The van der Waals surface area contributed by atoms with E-state index in [1.165, 1.54) is 24.0 Å². The number of carbonyl (C=O) groups is 2. The van der Waals surface area contributed by atoms with Gasteiger partial charge in [0.2, 0.25) is 0 Å². The normalized spacial score (nSPS) is 14.3. The monoisotopic (exact) mass is 350 g/mol. The van der Waals surface area contributed by atoms with E-state index in [0.29, 0.717) is 5.69 Å². The van der Waals surface area contributed by atoms with E-state index in [9.17, 15) is 9.59 Å². The van der Waals surface area contributed by atoms with Crippen LogP contribution in [0.25, 0.3) is 0 Å². The number of nitrogens with one attached hydrogen (secondary N) is 2. The number of carbonyl (C=O) groups excluding carboxylic acids is 2. The molecule has 3 rings (SSSR count). The Bertz CT molecular complexity index is 842. The molecule has 4 heteroatoms. The van der Waals surface area contributed by atoms with Crippen molar-refractivity contribution in [2.45, 2.75) is 52.5 Å². The fourth-order valence-electron chi connectivity index (χ4n) is 3.50. The SMILES string of the molecule is Cc1ccc(NC(=O)C(=O)NC(C)c2ccc3c(c2)CCCC3)c(C)c1. The van der Waals surface area contributed by atoms with Crippen molar-refractivity contribution in [3.05, 3.63) is 64.2 Å². The summed E-state index contributed by atoms with van der Waals surface area (Å²) in [6.07, 6.45) is 4.69. The lowest BCUT2D eigenvalue weighted by atomic mass is 9.89. The molecule has 1 atom stereocenters. The summed E-state index contributed by atoms with van der Waals surface area (Å²) in [5, 5.41) is 5.50. The van der Waals surface area contributed by atoms with E-state index >= 15 is 0 Å². The van der Waals surface area contributed by atoms with E-state index in [1.807, 2.05) is 39.0 Å². The van der Waals surface area contributed by atoms with Gasteiger partial charge in [-0.15, -0.1) is 0 Å². The number of anilines is 1. The van der Waals surface area contributed by atoms with Crippen LogP contribution in [0, 0.1) is 13.8 Å². The van der Waals surface area contributed by atoms with Crippen molar-refractivity contribution in [2.24, 2.45) is 0 Å². The van der Waals surface area contributed by atoms with Gasteiger partial charge in [-0.1, -0.05) is 35.9 Å².